The Kier molecular flexibility index (Phi) is 3.89. The molecule has 0 saturated carbocycles. The third kappa shape index (κ3) is 3.23. The summed E-state index contributed by atoms with van der Waals surface area (Å²) in [6.45, 7) is 2.04. The maximum Gasteiger partial charge on any atom is 0.291 e. The second-order valence-corrected chi connectivity index (χ2v) is 5.74. The second kappa shape index (κ2) is 5.98. The predicted octanol–water partition coefficient (Wildman–Crippen LogP) is 2.73. The van der Waals surface area contributed by atoms with Crippen LogP contribution in [0.25, 0.3) is 11.3 Å². The van der Waals surface area contributed by atoms with E-state index < -0.39 is 0 Å². The zero-order chi connectivity index (χ0) is 14.7. The van der Waals surface area contributed by atoms with E-state index in [1.807, 2.05) is 36.6 Å². The first-order valence-electron chi connectivity index (χ1n) is 6.08. The van der Waals surface area contributed by atoms with E-state index in [1.54, 1.807) is 5.38 Å². The van der Waals surface area contributed by atoms with E-state index in [0.29, 0.717) is 5.13 Å². The molecule has 3 rings (SSSR count). The number of carbonyl (C=O) groups excluding carboxylic acids is 1. The molecule has 1 amide bonds. The van der Waals surface area contributed by atoms with E-state index in [1.165, 1.54) is 16.9 Å². The van der Waals surface area contributed by atoms with Gasteiger partial charge in [0.15, 0.2) is 5.69 Å². The number of nitrogens with zero attached hydrogens (tertiary/aromatic N) is 3. The number of amides is 1. The normalized spacial score (nSPS) is 10.3. The van der Waals surface area contributed by atoms with Gasteiger partial charge in [-0.15, -0.1) is 16.4 Å². The molecule has 2 aromatic heterocycles. The number of hydrogen-bond acceptors (Lipinski definition) is 7. The Hall–Kier alpha value is -2.32. The summed E-state index contributed by atoms with van der Waals surface area (Å²) in [4.78, 5) is 16.1. The molecule has 0 atom stereocenters. The standard InChI is InChI=1S/C13H11N5OS2/c1-8-2-4-9(5-3-8)10-6-20-13(14-10)17-16-12(19)11-7-21-18-15-11/h2-7H,1H3,(H,14,17)(H,16,19). The van der Waals surface area contributed by atoms with Crippen molar-refractivity contribution in [1.82, 2.24) is 20.0 Å². The van der Waals surface area contributed by atoms with Crippen molar-refractivity contribution < 1.29 is 4.79 Å². The van der Waals surface area contributed by atoms with Crippen LogP contribution in [0.5, 0.6) is 0 Å². The zero-order valence-corrected chi connectivity index (χ0v) is 12.7. The SMILES string of the molecule is Cc1ccc(-c2csc(NNC(=O)c3csnn3)n2)cc1. The molecule has 0 aliphatic rings. The second-order valence-electron chi connectivity index (χ2n) is 4.27. The molecular weight excluding hydrogens is 306 g/mol. The highest BCUT2D eigenvalue weighted by Gasteiger charge is 2.09. The fourth-order valence-corrected chi connectivity index (χ4v) is 2.74. The smallest absolute Gasteiger partial charge is 0.273 e. The van der Waals surface area contributed by atoms with E-state index >= 15 is 0 Å². The summed E-state index contributed by atoms with van der Waals surface area (Å²) in [6, 6.07) is 8.12. The Labute approximate surface area is 129 Å². The van der Waals surface area contributed by atoms with Gasteiger partial charge in [-0.05, 0) is 18.5 Å². The fourth-order valence-electron chi connectivity index (χ4n) is 1.63. The summed E-state index contributed by atoms with van der Waals surface area (Å²) >= 11 is 2.55. The molecule has 0 bridgehead atoms. The lowest BCUT2D eigenvalue weighted by Gasteiger charge is -2.02. The van der Waals surface area contributed by atoms with Crippen LogP contribution >= 0.6 is 22.9 Å². The van der Waals surface area contributed by atoms with Gasteiger partial charge >= 0.3 is 0 Å². The third-order valence-corrected chi connectivity index (χ3v) is 3.99. The predicted molar refractivity (Wildman–Crippen MR) is 83.3 cm³/mol. The van der Waals surface area contributed by atoms with Crippen molar-refractivity contribution in [3.8, 4) is 11.3 Å². The van der Waals surface area contributed by atoms with Crippen molar-refractivity contribution in [2.75, 3.05) is 5.43 Å². The van der Waals surface area contributed by atoms with E-state index in [4.69, 9.17) is 0 Å². The molecule has 0 unspecified atom stereocenters. The Morgan fingerprint density at radius 2 is 2.00 bits per heavy atom. The average Bonchev–Trinajstić information content (AvgIpc) is 3.17. The summed E-state index contributed by atoms with van der Waals surface area (Å²) < 4.78 is 3.64. The van der Waals surface area contributed by atoms with Crippen LogP contribution in [0.15, 0.2) is 35.0 Å². The lowest BCUT2D eigenvalue weighted by atomic mass is 10.1. The van der Waals surface area contributed by atoms with Gasteiger partial charge in [0.2, 0.25) is 5.13 Å². The molecule has 2 N–H and O–H groups in total. The number of thiazole rings is 1. The molecule has 2 heterocycles. The number of rotatable bonds is 4. The average molecular weight is 317 g/mol. The molecular formula is C13H11N5OS2. The number of anilines is 1. The highest BCUT2D eigenvalue weighted by atomic mass is 32.1. The van der Waals surface area contributed by atoms with E-state index in [-0.39, 0.29) is 11.6 Å². The minimum atomic E-state index is -0.337. The molecule has 0 saturated heterocycles. The van der Waals surface area contributed by atoms with Gasteiger partial charge in [-0.2, -0.15) is 0 Å². The Morgan fingerprint density at radius 1 is 1.19 bits per heavy atom. The van der Waals surface area contributed by atoms with Crippen LogP contribution in [0, 0.1) is 6.92 Å². The zero-order valence-electron chi connectivity index (χ0n) is 11.0. The number of hydrazine groups is 1. The first-order chi connectivity index (χ1) is 10.2. The number of nitrogens with one attached hydrogen (secondary N) is 2. The van der Waals surface area contributed by atoms with Crippen molar-refractivity contribution in [2.24, 2.45) is 0 Å². The van der Waals surface area contributed by atoms with Crippen LogP contribution in [0.2, 0.25) is 0 Å². The lowest BCUT2D eigenvalue weighted by molar-refractivity contribution is 0.0957. The van der Waals surface area contributed by atoms with Crippen LogP contribution in [-0.2, 0) is 0 Å². The van der Waals surface area contributed by atoms with E-state index in [2.05, 4.69) is 25.4 Å². The number of aromatic nitrogens is 3. The molecule has 0 radical (unpaired) electrons. The topological polar surface area (TPSA) is 79.8 Å². The summed E-state index contributed by atoms with van der Waals surface area (Å²) in [5, 5.41) is 7.82. The Balaban J connectivity index is 1.65. The van der Waals surface area contributed by atoms with Gasteiger partial charge in [0, 0.05) is 16.3 Å². The van der Waals surface area contributed by atoms with Gasteiger partial charge in [0.25, 0.3) is 5.91 Å². The van der Waals surface area contributed by atoms with Crippen LogP contribution in [0.3, 0.4) is 0 Å². The maximum absolute atomic E-state index is 11.7. The molecule has 0 aliphatic heterocycles. The molecule has 0 fully saturated rings. The maximum atomic E-state index is 11.7. The lowest BCUT2D eigenvalue weighted by Crippen LogP contribution is -2.29. The van der Waals surface area contributed by atoms with Crippen LogP contribution in [-0.4, -0.2) is 20.5 Å². The van der Waals surface area contributed by atoms with E-state index in [9.17, 15) is 4.79 Å². The summed E-state index contributed by atoms with van der Waals surface area (Å²) in [5.41, 5.74) is 8.71. The molecule has 6 nitrogen and oxygen atoms in total. The molecule has 3 aromatic rings. The highest BCUT2D eigenvalue weighted by Crippen LogP contribution is 2.24. The van der Waals surface area contributed by atoms with Gasteiger partial charge in [0.05, 0.1) is 5.69 Å². The summed E-state index contributed by atoms with van der Waals surface area (Å²) in [6.07, 6.45) is 0. The Bertz CT molecular complexity index is 736. The molecule has 21 heavy (non-hydrogen) atoms. The number of hydrogen-bond donors (Lipinski definition) is 2. The molecule has 106 valence electrons. The van der Waals surface area contributed by atoms with Crippen molar-refractivity contribution in [3.05, 3.63) is 46.3 Å². The minimum Gasteiger partial charge on any atom is -0.273 e. The van der Waals surface area contributed by atoms with Gasteiger partial charge in [-0.25, -0.2) is 4.98 Å². The molecule has 0 spiro atoms. The fraction of sp³-hybridized carbons (Fsp3) is 0.0769. The number of carbonyl (C=O) groups is 1. The first kappa shape index (κ1) is 13.7. The summed E-state index contributed by atoms with van der Waals surface area (Å²) in [7, 11) is 0. The van der Waals surface area contributed by atoms with Gasteiger partial charge < -0.3 is 0 Å². The third-order valence-electron chi connectivity index (χ3n) is 2.73. The van der Waals surface area contributed by atoms with Crippen LogP contribution < -0.4 is 10.9 Å². The van der Waals surface area contributed by atoms with Crippen LogP contribution in [0.1, 0.15) is 16.1 Å². The quantitative estimate of drug-likeness (QED) is 0.723. The number of aryl methyl sites for hydroxylation is 1. The van der Waals surface area contributed by atoms with E-state index in [0.717, 1.165) is 22.8 Å². The Morgan fingerprint density at radius 3 is 2.71 bits per heavy atom. The monoisotopic (exact) mass is 317 g/mol. The molecule has 8 heteroatoms. The largest absolute Gasteiger partial charge is 0.291 e. The highest BCUT2D eigenvalue weighted by molar-refractivity contribution is 7.14. The van der Waals surface area contributed by atoms with Gasteiger partial charge in [0.1, 0.15) is 0 Å². The van der Waals surface area contributed by atoms with Crippen molar-refractivity contribution >= 4 is 33.9 Å². The van der Waals surface area contributed by atoms with Crippen molar-refractivity contribution in [1.29, 1.82) is 0 Å². The van der Waals surface area contributed by atoms with Crippen molar-refractivity contribution in [3.63, 3.8) is 0 Å². The number of benzene rings is 1. The molecule has 0 aliphatic carbocycles. The molecule has 1 aromatic carbocycles. The van der Waals surface area contributed by atoms with Crippen molar-refractivity contribution in [2.45, 2.75) is 6.92 Å². The van der Waals surface area contributed by atoms with Gasteiger partial charge in [-0.3, -0.25) is 15.6 Å². The first-order valence-corrected chi connectivity index (χ1v) is 7.80. The minimum absolute atomic E-state index is 0.280. The summed E-state index contributed by atoms with van der Waals surface area (Å²) in [5.74, 6) is -0.337. The van der Waals surface area contributed by atoms with Crippen LogP contribution in [0.4, 0.5) is 5.13 Å². The van der Waals surface area contributed by atoms with Gasteiger partial charge in [-0.1, -0.05) is 34.3 Å².